The Morgan fingerprint density at radius 3 is 2.60 bits per heavy atom. The number of rotatable bonds is 5. The van der Waals surface area contributed by atoms with Crippen molar-refractivity contribution in [2.75, 3.05) is 37.6 Å². The van der Waals surface area contributed by atoms with E-state index >= 15 is 0 Å². The van der Waals surface area contributed by atoms with Gasteiger partial charge in [-0.15, -0.1) is 11.3 Å². The average molecular weight is 427 g/mol. The highest BCUT2D eigenvalue weighted by Crippen LogP contribution is 2.28. The van der Waals surface area contributed by atoms with Crippen LogP contribution in [0.2, 0.25) is 0 Å². The first-order valence-electron chi connectivity index (χ1n) is 11.0. The number of aromatic nitrogens is 1. The predicted octanol–water partition coefficient (Wildman–Crippen LogP) is 3.27. The van der Waals surface area contributed by atoms with Gasteiger partial charge < -0.3 is 15.1 Å². The second-order valence-corrected chi connectivity index (χ2v) is 9.17. The molecule has 2 amide bonds. The second-order valence-electron chi connectivity index (χ2n) is 8.03. The molecule has 30 heavy (non-hydrogen) atoms. The van der Waals surface area contributed by atoms with Gasteiger partial charge in [0.15, 0.2) is 0 Å². The van der Waals surface area contributed by atoms with Crippen molar-refractivity contribution in [2.24, 2.45) is 0 Å². The van der Waals surface area contributed by atoms with E-state index in [9.17, 15) is 9.59 Å². The molecule has 1 aliphatic heterocycles. The molecule has 4 rings (SSSR count). The molecule has 1 fully saturated rings. The number of piperazine rings is 1. The Labute approximate surface area is 182 Å². The van der Waals surface area contributed by atoms with Crippen molar-refractivity contribution in [3.05, 3.63) is 45.8 Å². The maximum absolute atomic E-state index is 12.6. The van der Waals surface area contributed by atoms with Crippen LogP contribution in [0, 0.1) is 0 Å². The molecule has 2 aliphatic rings. The number of nitrogens with one attached hydrogen (secondary N) is 1. The van der Waals surface area contributed by atoms with Gasteiger partial charge in [-0.1, -0.05) is 18.9 Å². The van der Waals surface area contributed by atoms with Gasteiger partial charge in [0.05, 0.1) is 4.88 Å². The fraction of sp³-hybridized carbons (Fsp3) is 0.522. The number of thiophene rings is 1. The fourth-order valence-electron chi connectivity index (χ4n) is 4.21. The van der Waals surface area contributed by atoms with Crippen molar-refractivity contribution in [1.29, 1.82) is 0 Å². The first-order chi connectivity index (χ1) is 14.7. The van der Waals surface area contributed by atoms with Crippen LogP contribution in [0.1, 0.15) is 52.2 Å². The number of amides is 2. The maximum Gasteiger partial charge on any atom is 0.261 e. The molecular weight excluding hydrogens is 396 g/mol. The van der Waals surface area contributed by atoms with Gasteiger partial charge in [-0.2, -0.15) is 0 Å². The van der Waals surface area contributed by atoms with Crippen LogP contribution in [0.4, 0.5) is 5.82 Å². The van der Waals surface area contributed by atoms with Crippen LogP contribution >= 0.6 is 11.3 Å². The number of fused-ring (bicyclic) bond motifs is 1. The molecule has 0 radical (unpaired) electrons. The highest BCUT2D eigenvalue weighted by molar-refractivity contribution is 7.14. The number of nitrogens with zero attached hydrogens (tertiary/aromatic N) is 3. The van der Waals surface area contributed by atoms with E-state index in [1.807, 2.05) is 23.1 Å². The van der Waals surface area contributed by atoms with Gasteiger partial charge in [0.2, 0.25) is 5.91 Å². The summed E-state index contributed by atoms with van der Waals surface area (Å²) in [4.78, 5) is 35.7. The lowest BCUT2D eigenvalue weighted by Gasteiger charge is -2.35. The number of anilines is 1. The van der Waals surface area contributed by atoms with E-state index in [0.29, 0.717) is 26.1 Å². The molecule has 1 N–H and O–H groups in total. The summed E-state index contributed by atoms with van der Waals surface area (Å²) in [5.41, 5.74) is 1.35. The third-order valence-electron chi connectivity index (χ3n) is 5.95. The van der Waals surface area contributed by atoms with Crippen molar-refractivity contribution in [2.45, 2.75) is 44.9 Å². The summed E-state index contributed by atoms with van der Waals surface area (Å²) in [6.45, 7) is 3.36. The highest BCUT2D eigenvalue weighted by Gasteiger charge is 2.22. The van der Waals surface area contributed by atoms with Crippen LogP contribution in [0.5, 0.6) is 0 Å². The minimum Gasteiger partial charge on any atom is -0.353 e. The monoisotopic (exact) mass is 426 g/mol. The third kappa shape index (κ3) is 5.19. The number of carbonyl (C=O) groups excluding carboxylic acids is 2. The summed E-state index contributed by atoms with van der Waals surface area (Å²) in [6.07, 6.45) is 9.33. The molecule has 2 aromatic rings. The van der Waals surface area contributed by atoms with Gasteiger partial charge in [-0.3, -0.25) is 9.59 Å². The van der Waals surface area contributed by atoms with E-state index in [4.69, 9.17) is 0 Å². The Hall–Kier alpha value is -2.41. The summed E-state index contributed by atoms with van der Waals surface area (Å²) in [5.74, 6) is 1.02. The Balaban J connectivity index is 1.21. The number of carbonyl (C=O) groups is 2. The van der Waals surface area contributed by atoms with E-state index < -0.39 is 0 Å². The van der Waals surface area contributed by atoms with Gasteiger partial charge in [0.25, 0.3) is 5.91 Å². The summed E-state index contributed by atoms with van der Waals surface area (Å²) in [5, 5.41) is 2.95. The number of hydrogen-bond acceptors (Lipinski definition) is 5. The van der Waals surface area contributed by atoms with E-state index in [1.54, 1.807) is 17.5 Å². The topological polar surface area (TPSA) is 65.5 Å². The molecular formula is C23H30N4O2S. The van der Waals surface area contributed by atoms with Gasteiger partial charge in [-0.05, 0) is 49.4 Å². The zero-order valence-electron chi connectivity index (χ0n) is 17.4. The fourth-order valence-corrected chi connectivity index (χ4v) is 5.38. The molecule has 160 valence electrons. The summed E-state index contributed by atoms with van der Waals surface area (Å²) in [6, 6.07) is 7.96. The normalized spacial score (nSPS) is 17.1. The summed E-state index contributed by atoms with van der Waals surface area (Å²) >= 11 is 1.63. The molecule has 1 aliphatic carbocycles. The molecule has 0 bridgehead atoms. The van der Waals surface area contributed by atoms with Gasteiger partial charge in [0.1, 0.15) is 5.82 Å². The van der Waals surface area contributed by atoms with Crippen molar-refractivity contribution in [1.82, 2.24) is 15.2 Å². The van der Waals surface area contributed by atoms with Gasteiger partial charge >= 0.3 is 0 Å². The van der Waals surface area contributed by atoms with E-state index in [0.717, 1.165) is 36.6 Å². The lowest BCUT2D eigenvalue weighted by atomic mass is 10.00. The number of pyridine rings is 1. The standard InChI is InChI=1S/C23H30N4O2S/c28-22(27-15-13-26(14-16-27)21-9-5-6-11-24-21)10-12-25-23(29)20-17-18-7-3-1-2-4-8-19(18)30-20/h5-6,9,11,17H,1-4,7-8,10,12-16H2,(H,25,29). The molecule has 0 saturated carbocycles. The first-order valence-corrected chi connectivity index (χ1v) is 11.9. The number of aryl methyl sites for hydroxylation is 2. The van der Waals surface area contributed by atoms with E-state index in [2.05, 4.69) is 21.3 Å². The quantitative estimate of drug-likeness (QED) is 0.797. The average Bonchev–Trinajstić information content (AvgIpc) is 3.16. The minimum absolute atomic E-state index is 0.0421. The van der Waals surface area contributed by atoms with E-state index in [-0.39, 0.29) is 11.8 Å². The molecule has 0 atom stereocenters. The van der Waals surface area contributed by atoms with Crippen LogP contribution in [-0.2, 0) is 17.6 Å². The lowest BCUT2D eigenvalue weighted by molar-refractivity contribution is -0.131. The van der Waals surface area contributed by atoms with Crippen LogP contribution in [0.3, 0.4) is 0 Å². The Bertz CT molecular complexity index is 834. The zero-order chi connectivity index (χ0) is 20.8. The SMILES string of the molecule is O=C(NCCC(=O)N1CCN(c2ccccn2)CC1)c1cc2c(s1)CCCCCC2. The van der Waals surface area contributed by atoms with Crippen molar-refractivity contribution in [3.8, 4) is 0 Å². The molecule has 0 spiro atoms. The Morgan fingerprint density at radius 1 is 1.03 bits per heavy atom. The Kier molecular flexibility index (Phi) is 7.00. The Morgan fingerprint density at radius 2 is 1.83 bits per heavy atom. The first kappa shape index (κ1) is 20.8. The summed E-state index contributed by atoms with van der Waals surface area (Å²) < 4.78 is 0. The van der Waals surface area contributed by atoms with Crippen LogP contribution in [-0.4, -0.2) is 54.4 Å². The lowest BCUT2D eigenvalue weighted by Crippen LogP contribution is -2.49. The molecule has 7 heteroatoms. The van der Waals surface area contributed by atoms with Crippen molar-refractivity contribution < 1.29 is 9.59 Å². The van der Waals surface area contributed by atoms with Gasteiger partial charge in [0, 0.05) is 50.2 Å². The van der Waals surface area contributed by atoms with Crippen LogP contribution in [0.15, 0.2) is 30.5 Å². The van der Waals surface area contributed by atoms with Crippen LogP contribution in [0.25, 0.3) is 0 Å². The van der Waals surface area contributed by atoms with Crippen molar-refractivity contribution in [3.63, 3.8) is 0 Å². The molecule has 0 unspecified atom stereocenters. The largest absolute Gasteiger partial charge is 0.353 e. The van der Waals surface area contributed by atoms with Gasteiger partial charge in [-0.25, -0.2) is 4.98 Å². The molecule has 3 heterocycles. The zero-order valence-corrected chi connectivity index (χ0v) is 18.3. The maximum atomic E-state index is 12.6. The van der Waals surface area contributed by atoms with Crippen LogP contribution < -0.4 is 10.2 Å². The molecule has 2 aromatic heterocycles. The summed E-state index contributed by atoms with van der Waals surface area (Å²) in [7, 11) is 0. The highest BCUT2D eigenvalue weighted by atomic mass is 32.1. The molecule has 1 saturated heterocycles. The smallest absolute Gasteiger partial charge is 0.261 e. The number of hydrogen-bond donors (Lipinski definition) is 1. The minimum atomic E-state index is -0.0421. The van der Waals surface area contributed by atoms with Crippen molar-refractivity contribution >= 4 is 29.0 Å². The molecule has 6 nitrogen and oxygen atoms in total. The molecule has 0 aromatic carbocycles. The third-order valence-corrected chi connectivity index (χ3v) is 7.19. The predicted molar refractivity (Wildman–Crippen MR) is 120 cm³/mol. The second kappa shape index (κ2) is 10.1. The van der Waals surface area contributed by atoms with E-state index in [1.165, 1.54) is 36.1 Å².